The number of rotatable bonds is 6. The van der Waals surface area contributed by atoms with E-state index in [0.29, 0.717) is 0 Å². The molecule has 0 amide bonds. The average molecular weight is 782 g/mol. The fourth-order valence-electron chi connectivity index (χ4n) is 11.8. The van der Waals surface area contributed by atoms with Gasteiger partial charge in [-0.25, -0.2) is 0 Å². The van der Waals surface area contributed by atoms with E-state index in [2.05, 4.69) is 219 Å². The van der Waals surface area contributed by atoms with E-state index in [1.807, 2.05) is 0 Å². The van der Waals surface area contributed by atoms with Crippen molar-refractivity contribution >= 4 is 27.8 Å². The Hall–Kier alpha value is -6.96. The highest BCUT2D eigenvalue weighted by Gasteiger charge is 2.45. The van der Waals surface area contributed by atoms with E-state index in [1.165, 1.54) is 126 Å². The Morgan fingerprint density at radius 2 is 0.869 bits per heavy atom. The highest BCUT2D eigenvalue weighted by Crippen LogP contribution is 2.59. The quantitative estimate of drug-likeness (QED) is 0.162. The highest BCUT2D eigenvalue weighted by molar-refractivity contribution is 6.09. The summed E-state index contributed by atoms with van der Waals surface area (Å²) in [5, 5.41) is 2.51. The maximum absolute atomic E-state index is 2.59. The van der Waals surface area contributed by atoms with Crippen molar-refractivity contribution in [2.24, 2.45) is 0 Å². The molecule has 12 rings (SSSR count). The lowest BCUT2D eigenvalue weighted by Crippen LogP contribution is -2.21. The first-order valence-electron chi connectivity index (χ1n) is 22.1. The van der Waals surface area contributed by atoms with Gasteiger partial charge in [-0.15, -0.1) is 0 Å². The van der Waals surface area contributed by atoms with Crippen molar-refractivity contribution in [3.05, 3.63) is 222 Å². The van der Waals surface area contributed by atoms with E-state index in [1.54, 1.807) is 0 Å². The van der Waals surface area contributed by atoms with Crippen LogP contribution in [0.25, 0.3) is 66.4 Å². The minimum absolute atomic E-state index is 0.0446. The van der Waals surface area contributed by atoms with Gasteiger partial charge in [0.05, 0.1) is 11.4 Å². The van der Waals surface area contributed by atoms with Crippen LogP contribution in [0, 0.1) is 0 Å². The Balaban J connectivity index is 1.14. The summed E-state index contributed by atoms with van der Waals surface area (Å²) in [5.41, 5.74) is 22.1. The molecule has 0 radical (unpaired) electrons. The Labute approximate surface area is 359 Å². The third-order valence-corrected chi connectivity index (χ3v) is 14.4. The first kappa shape index (κ1) is 35.9. The second-order valence-corrected chi connectivity index (χ2v) is 17.9. The molecule has 0 bridgehead atoms. The van der Waals surface area contributed by atoms with E-state index in [-0.39, 0.29) is 10.8 Å². The van der Waals surface area contributed by atoms with Crippen molar-refractivity contribution < 1.29 is 0 Å². The first-order chi connectivity index (χ1) is 30.0. The maximum atomic E-state index is 2.59. The molecule has 3 aliphatic carbocycles. The minimum atomic E-state index is -0.163. The lowest BCUT2D eigenvalue weighted by molar-refractivity contribution is 0.550. The zero-order valence-electron chi connectivity index (χ0n) is 34.8. The zero-order chi connectivity index (χ0) is 40.7. The lowest BCUT2D eigenvalue weighted by atomic mass is 9.76. The summed E-state index contributed by atoms with van der Waals surface area (Å²) < 4.78 is 0. The van der Waals surface area contributed by atoms with Crippen LogP contribution in [0.5, 0.6) is 0 Å². The summed E-state index contributed by atoms with van der Waals surface area (Å²) in [7, 11) is 0. The standard InChI is InChI=1S/C60H47N/c1-59(2)52-31-10-6-24-45(52)50-29-18-30-51(58(50)59)48-26-9-13-34-56(48)61(42-35-36-46-44-23-7-11-32-53(44)60(54(46)39-42)37-14-15-38-60)55-33-12-8-25-47(55)49-28-17-22-41-21-16-27-43(57(41)49)40-19-4-3-5-20-40/h3-13,16-36,39H,14-15,37-38H2,1-2H3. The summed E-state index contributed by atoms with van der Waals surface area (Å²) in [6.45, 7) is 4.81. The van der Waals surface area contributed by atoms with E-state index in [9.17, 15) is 0 Å². The predicted molar refractivity (Wildman–Crippen MR) is 257 cm³/mol. The molecule has 1 nitrogen and oxygen atoms in total. The van der Waals surface area contributed by atoms with Gasteiger partial charge in [0.2, 0.25) is 0 Å². The van der Waals surface area contributed by atoms with E-state index in [4.69, 9.17) is 0 Å². The van der Waals surface area contributed by atoms with Crippen LogP contribution in [0.3, 0.4) is 0 Å². The molecule has 0 N–H and O–H groups in total. The number of fused-ring (bicyclic) bond motifs is 9. The molecule has 1 spiro atoms. The molecule has 0 unspecified atom stereocenters. The number of hydrogen-bond acceptors (Lipinski definition) is 1. The molecule has 1 saturated carbocycles. The normalized spacial score (nSPS) is 15.0. The summed E-state index contributed by atoms with van der Waals surface area (Å²) in [6.07, 6.45) is 4.90. The van der Waals surface area contributed by atoms with Gasteiger partial charge in [0.1, 0.15) is 0 Å². The summed E-state index contributed by atoms with van der Waals surface area (Å²) in [5.74, 6) is 0. The Kier molecular flexibility index (Phi) is 8.13. The number of anilines is 3. The van der Waals surface area contributed by atoms with Crippen molar-refractivity contribution in [1.82, 2.24) is 0 Å². The maximum Gasteiger partial charge on any atom is 0.0540 e. The molecule has 0 atom stereocenters. The molecule has 0 aliphatic heterocycles. The van der Waals surface area contributed by atoms with Gasteiger partial charge in [-0.1, -0.05) is 203 Å². The third-order valence-electron chi connectivity index (χ3n) is 14.4. The first-order valence-corrected chi connectivity index (χ1v) is 22.1. The zero-order valence-corrected chi connectivity index (χ0v) is 34.8. The molecule has 9 aromatic carbocycles. The number of hydrogen-bond donors (Lipinski definition) is 0. The van der Waals surface area contributed by atoms with Gasteiger partial charge >= 0.3 is 0 Å². The molecule has 3 aliphatic rings. The SMILES string of the molecule is CC1(C)c2ccccc2-c2cccc(-c3ccccc3N(c3ccc4c(c3)C3(CCCC3)c3ccccc3-4)c3ccccc3-c3cccc4cccc(-c5ccccc5)c34)c21. The van der Waals surface area contributed by atoms with Crippen molar-refractivity contribution in [3.8, 4) is 55.6 Å². The fourth-order valence-corrected chi connectivity index (χ4v) is 11.8. The molecule has 1 heteroatoms. The van der Waals surface area contributed by atoms with Gasteiger partial charge in [-0.3, -0.25) is 0 Å². The number of nitrogens with zero attached hydrogens (tertiary/aromatic N) is 1. The van der Waals surface area contributed by atoms with E-state index < -0.39 is 0 Å². The Morgan fingerprint density at radius 1 is 0.377 bits per heavy atom. The second kappa shape index (κ2) is 13.8. The van der Waals surface area contributed by atoms with Crippen LogP contribution in [-0.4, -0.2) is 0 Å². The van der Waals surface area contributed by atoms with Crippen molar-refractivity contribution in [2.75, 3.05) is 4.90 Å². The largest absolute Gasteiger partial charge is 0.309 e. The summed E-state index contributed by atoms with van der Waals surface area (Å²) in [4.78, 5) is 2.59. The van der Waals surface area contributed by atoms with Gasteiger partial charge in [0, 0.05) is 27.6 Å². The van der Waals surface area contributed by atoms with E-state index >= 15 is 0 Å². The smallest absolute Gasteiger partial charge is 0.0540 e. The number of benzene rings is 9. The van der Waals surface area contributed by atoms with Crippen molar-refractivity contribution in [2.45, 2.75) is 50.4 Å². The van der Waals surface area contributed by atoms with Gasteiger partial charge in [-0.2, -0.15) is 0 Å². The molecule has 0 heterocycles. The highest BCUT2D eigenvalue weighted by atomic mass is 15.1. The van der Waals surface area contributed by atoms with Gasteiger partial charge in [0.25, 0.3) is 0 Å². The molecule has 1 fully saturated rings. The monoisotopic (exact) mass is 781 g/mol. The number of para-hydroxylation sites is 2. The lowest BCUT2D eigenvalue weighted by Gasteiger charge is -2.33. The second-order valence-electron chi connectivity index (χ2n) is 17.9. The molecule has 0 saturated heterocycles. The fraction of sp³-hybridized carbons (Fsp3) is 0.133. The van der Waals surface area contributed by atoms with Crippen molar-refractivity contribution in [1.29, 1.82) is 0 Å². The van der Waals surface area contributed by atoms with Gasteiger partial charge < -0.3 is 4.90 Å². The van der Waals surface area contributed by atoms with Gasteiger partial charge in [-0.05, 0) is 115 Å². The van der Waals surface area contributed by atoms with Crippen LogP contribution in [0.2, 0.25) is 0 Å². The molecule has 0 aromatic heterocycles. The molecule has 61 heavy (non-hydrogen) atoms. The van der Waals surface area contributed by atoms with Crippen LogP contribution < -0.4 is 4.90 Å². The molecular weight excluding hydrogens is 735 g/mol. The van der Waals surface area contributed by atoms with Crippen molar-refractivity contribution in [3.63, 3.8) is 0 Å². The minimum Gasteiger partial charge on any atom is -0.309 e. The predicted octanol–water partition coefficient (Wildman–Crippen LogP) is 16.5. The van der Waals surface area contributed by atoms with Crippen LogP contribution in [0.15, 0.2) is 200 Å². The third kappa shape index (κ3) is 5.33. The topological polar surface area (TPSA) is 3.24 Å². The Bertz CT molecular complexity index is 3170. The van der Waals surface area contributed by atoms with Crippen LogP contribution >= 0.6 is 0 Å². The van der Waals surface area contributed by atoms with Crippen LogP contribution in [0.1, 0.15) is 61.8 Å². The molecule has 9 aromatic rings. The van der Waals surface area contributed by atoms with Crippen LogP contribution in [0.4, 0.5) is 17.1 Å². The van der Waals surface area contributed by atoms with Crippen LogP contribution in [-0.2, 0) is 10.8 Å². The average Bonchev–Trinajstić information content (AvgIpc) is 3.99. The summed E-state index contributed by atoms with van der Waals surface area (Å²) in [6, 6.07) is 75.3. The van der Waals surface area contributed by atoms with E-state index in [0.717, 1.165) is 5.69 Å². The summed E-state index contributed by atoms with van der Waals surface area (Å²) >= 11 is 0. The molecule has 292 valence electrons. The Morgan fingerprint density at radius 3 is 1.57 bits per heavy atom. The molecular formula is C60H47N. The van der Waals surface area contributed by atoms with Gasteiger partial charge in [0.15, 0.2) is 0 Å².